The lowest BCUT2D eigenvalue weighted by Gasteiger charge is -2.29. The van der Waals surface area contributed by atoms with E-state index in [0.29, 0.717) is 0 Å². The molecule has 9 nitrogen and oxygen atoms in total. The molecule has 2 aromatic rings. The maximum atomic E-state index is 13.1. The fourth-order valence-corrected chi connectivity index (χ4v) is 3.18. The van der Waals surface area contributed by atoms with Crippen LogP contribution >= 0.6 is 0 Å². The van der Waals surface area contributed by atoms with E-state index in [1.54, 1.807) is 6.92 Å². The van der Waals surface area contributed by atoms with Crippen LogP contribution in [-0.4, -0.2) is 47.4 Å². The number of carbonyl (C=O) groups excluding carboxylic acids is 2. The van der Waals surface area contributed by atoms with Crippen LogP contribution in [0.5, 0.6) is 11.5 Å². The number of hydrogen-bond acceptors (Lipinski definition) is 6. The lowest BCUT2D eigenvalue weighted by atomic mass is 10.1. The molecule has 0 radical (unpaired) electrons. The van der Waals surface area contributed by atoms with Crippen molar-refractivity contribution in [3.8, 4) is 11.5 Å². The fourth-order valence-electron chi connectivity index (χ4n) is 3.18. The maximum Gasteiger partial charge on any atom is 0.311 e. The van der Waals surface area contributed by atoms with Crippen molar-refractivity contribution in [3.05, 3.63) is 63.7 Å². The van der Waals surface area contributed by atoms with Gasteiger partial charge in [0.1, 0.15) is 11.8 Å². The zero-order chi connectivity index (χ0) is 24.5. The number of rotatable bonds is 11. The van der Waals surface area contributed by atoms with Gasteiger partial charge in [-0.25, -0.2) is 0 Å². The van der Waals surface area contributed by atoms with Gasteiger partial charge in [-0.2, -0.15) is 0 Å². The van der Waals surface area contributed by atoms with Crippen LogP contribution in [0.15, 0.2) is 42.5 Å². The van der Waals surface area contributed by atoms with Crippen molar-refractivity contribution >= 4 is 17.5 Å². The highest BCUT2D eigenvalue weighted by atomic mass is 16.6. The van der Waals surface area contributed by atoms with Gasteiger partial charge in [0, 0.05) is 24.7 Å². The molecule has 0 aromatic heterocycles. The van der Waals surface area contributed by atoms with Gasteiger partial charge in [-0.15, -0.1) is 0 Å². The smallest absolute Gasteiger partial charge is 0.311 e. The number of amides is 2. The highest BCUT2D eigenvalue weighted by Crippen LogP contribution is 2.30. The van der Waals surface area contributed by atoms with Gasteiger partial charge in [-0.1, -0.05) is 36.8 Å². The molecule has 2 amide bonds. The molecule has 1 N–H and O–H groups in total. The number of nitro groups is 1. The van der Waals surface area contributed by atoms with Crippen molar-refractivity contribution in [2.24, 2.45) is 0 Å². The average Bonchev–Trinajstić information content (AvgIpc) is 2.80. The van der Waals surface area contributed by atoms with Gasteiger partial charge in [0.25, 0.3) is 5.91 Å². The summed E-state index contributed by atoms with van der Waals surface area (Å²) in [6.07, 6.45) is 0.773. The minimum Gasteiger partial charge on any atom is -0.490 e. The highest BCUT2D eigenvalue weighted by Gasteiger charge is 2.27. The average molecular weight is 458 g/mol. The molecule has 0 spiro atoms. The molecule has 0 unspecified atom stereocenters. The molecule has 2 aromatic carbocycles. The van der Waals surface area contributed by atoms with E-state index in [-0.39, 0.29) is 48.2 Å². The number of nitro benzene ring substituents is 1. The van der Waals surface area contributed by atoms with E-state index in [4.69, 9.17) is 9.47 Å². The van der Waals surface area contributed by atoms with E-state index in [0.717, 1.165) is 17.5 Å². The summed E-state index contributed by atoms with van der Waals surface area (Å²) in [4.78, 5) is 37.8. The first-order valence-electron chi connectivity index (χ1n) is 10.8. The standard InChI is InChI=1S/C24H31N3O6/c1-6-17(3)25-24(29)18(4)26(14-19-9-7-8-16(2)12-19)23(28)15-33-20-10-11-21(27(30)31)22(13-20)32-5/h7-13,17-18H,6,14-15H2,1-5H3,(H,25,29)/t17-,18-/m1/s1. The Bertz CT molecular complexity index is 994. The van der Waals surface area contributed by atoms with E-state index >= 15 is 0 Å². The number of nitrogens with one attached hydrogen (secondary N) is 1. The number of benzene rings is 2. The largest absolute Gasteiger partial charge is 0.490 e. The molecule has 0 aliphatic heterocycles. The van der Waals surface area contributed by atoms with Crippen LogP contribution < -0.4 is 14.8 Å². The van der Waals surface area contributed by atoms with E-state index < -0.39 is 11.0 Å². The van der Waals surface area contributed by atoms with Crippen LogP contribution in [0.3, 0.4) is 0 Å². The molecule has 0 aliphatic rings. The molecule has 0 saturated carbocycles. The van der Waals surface area contributed by atoms with Crippen LogP contribution in [0, 0.1) is 17.0 Å². The van der Waals surface area contributed by atoms with Crippen molar-refractivity contribution in [2.45, 2.75) is 52.7 Å². The summed E-state index contributed by atoms with van der Waals surface area (Å²) in [5.74, 6) is -0.358. The molecule has 0 aliphatic carbocycles. The van der Waals surface area contributed by atoms with E-state index in [9.17, 15) is 19.7 Å². The highest BCUT2D eigenvalue weighted by molar-refractivity contribution is 5.88. The first-order chi connectivity index (χ1) is 15.7. The number of aryl methyl sites for hydroxylation is 1. The SMILES string of the molecule is CC[C@@H](C)NC(=O)[C@@H](C)N(Cc1cccc(C)c1)C(=O)COc1ccc([N+](=O)[O-])c(OC)c1. The molecule has 0 fully saturated rings. The third-order valence-electron chi connectivity index (χ3n) is 5.31. The minimum absolute atomic E-state index is 0.0142. The summed E-state index contributed by atoms with van der Waals surface area (Å²) >= 11 is 0. The number of nitrogens with zero attached hydrogens (tertiary/aromatic N) is 2. The van der Waals surface area contributed by atoms with Crippen molar-refractivity contribution in [3.63, 3.8) is 0 Å². The van der Waals surface area contributed by atoms with Crippen LogP contribution in [-0.2, 0) is 16.1 Å². The summed E-state index contributed by atoms with van der Waals surface area (Å²) in [7, 11) is 1.32. The monoisotopic (exact) mass is 457 g/mol. The van der Waals surface area contributed by atoms with Gasteiger partial charge >= 0.3 is 5.69 Å². The van der Waals surface area contributed by atoms with Crippen LogP contribution in [0.4, 0.5) is 5.69 Å². The molecule has 0 saturated heterocycles. The summed E-state index contributed by atoms with van der Waals surface area (Å²) in [5, 5.41) is 14.0. The lowest BCUT2D eigenvalue weighted by molar-refractivity contribution is -0.385. The molecule has 9 heteroatoms. The van der Waals surface area contributed by atoms with Gasteiger partial charge in [-0.05, 0) is 38.8 Å². The summed E-state index contributed by atoms with van der Waals surface area (Å²) in [6.45, 7) is 7.41. The Labute approximate surface area is 193 Å². The second-order valence-electron chi connectivity index (χ2n) is 7.88. The Morgan fingerprint density at radius 3 is 2.52 bits per heavy atom. The van der Waals surface area contributed by atoms with E-state index in [2.05, 4.69) is 5.32 Å². The fraction of sp³-hybridized carbons (Fsp3) is 0.417. The Hall–Kier alpha value is -3.62. The molecular formula is C24H31N3O6. The van der Waals surface area contributed by atoms with Gasteiger partial charge in [0.05, 0.1) is 12.0 Å². The van der Waals surface area contributed by atoms with Gasteiger partial charge in [-0.3, -0.25) is 19.7 Å². The topological polar surface area (TPSA) is 111 Å². The van der Waals surface area contributed by atoms with E-state index in [1.165, 1.54) is 30.2 Å². The number of carbonyl (C=O) groups is 2. The minimum atomic E-state index is -0.720. The molecule has 0 heterocycles. The van der Waals surface area contributed by atoms with Gasteiger partial charge in [0.15, 0.2) is 6.61 Å². The molecular weight excluding hydrogens is 426 g/mol. The van der Waals surface area contributed by atoms with Crippen molar-refractivity contribution in [1.29, 1.82) is 0 Å². The zero-order valence-electron chi connectivity index (χ0n) is 19.7. The Morgan fingerprint density at radius 1 is 1.18 bits per heavy atom. The molecule has 2 atom stereocenters. The van der Waals surface area contributed by atoms with Crippen molar-refractivity contribution < 1.29 is 24.0 Å². The maximum absolute atomic E-state index is 13.1. The second-order valence-corrected chi connectivity index (χ2v) is 7.88. The van der Waals surface area contributed by atoms with Crippen molar-refractivity contribution in [2.75, 3.05) is 13.7 Å². The Balaban J connectivity index is 2.20. The van der Waals surface area contributed by atoms with Crippen molar-refractivity contribution in [1.82, 2.24) is 10.2 Å². The van der Waals surface area contributed by atoms with Crippen LogP contribution in [0.1, 0.15) is 38.3 Å². The Kier molecular flexibility index (Phi) is 9.20. The predicted octanol–water partition coefficient (Wildman–Crippen LogP) is 3.62. The normalized spacial score (nSPS) is 12.4. The Morgan fingerprint density at radius 2 is 1.91 bits per heavy atom. The number of hydrogen-bond donors (Lipinski definition) is 1. The third-order valence-corrected chi connectivity index (χ3v) is 5.31. The first kappa shape index (κ1) is 25.6. The lowest BCUT2D eigenvalue weighted by Crippen LogP contribution is -2.50. The zero-order valence-corrected chi connectivity index (χ0v) is 19.7. The molecule has 178 valence electrons. The molecule has 33 heavy (non-hydrogen) atoms. The van der Waals surface area contributed by atoms with Crippen LogP contribution in [0.2, 0.25) is 0 Å². The summed E-state index contributed by atoms with van der Waals surface area (Å²) in [6, 6.07) is 11.0. The number of methoxy groups -OCH3 is 1. The molecule has 2 rings (SSSR count). The van der Waals surface area contributed by atoms with E-state index in [1.807, 2.05) is 45.0 Å². The second kappa shape index (κ2) is 11.8. The quantitative estimate of drug-likeness (QED) is 0.408. The predicted molar refractivity (Wildman–Crippen MR) is 124 cm³/mol. The summed E-state index contributed by atoms with van der Waals surface area (Å²) < 4.78 is 10.6. The van der Waals surface area contributed by atoms with Gasteiger partial charge in [0.2, 0.25) is 11.7 Å². The first-order valence-corrected chi connectivity index (χ1v) is 10.8. The van der Waals surface area contributed by atoms with Crippen LogP contribution in [0.25, 0.3) is 0 Å². The van der Waals surface area contributed by atoms with Gasteiger partial charge < -0.3 is 19.7 Å². The number of ether oxygens (including phenoxy) is 2. The third kappa shape index (κ3) is 7.20. The molecule has 0 bridgehead atoms. The summed E-state index contributed by atoms with van der Waals surface area (Å²) in [5.41, 5.74) is 1.74.